The van der Waals surface area contributed by atoms with Crippen LogP contribution in [0.5, 0.6) is 0 Å². The molecule has 23 heavy (non-hydrogen) atoms. The summed E-state index contributed by atoms with van der Waals surface area (Å²) < 4.78 is 26.0. The Morgan fingerprint density at radius 1 is 1.30 bits per heavy atom. The fourth-order valence-corrected chi connectivity index (χ4v) is 5.23. The van der Waals surface area contributed by atoms with Crippen LogP contribution in [-0.2, 0) is 22.9 Å². The molecule has 7 heteroatoms. The minimum absolute atomic E-state index is 0.0655. The highest BCUT2D eigenvalue weighted by atomic mass is 32.2. The van der Waals surface area contributed by atoms with Crippen LogP contribution in [0, 0.1) is 13.8 Å². The number of hydrogen-bond donors (Lipinski definition) is 1. The van der Waals surface area contributed by atoms with Crippen molar-refractivity contribution in [3.8, 4) is 0 Å². The highest BCUT2D eigenvalue weighted by molar-refractivity contribution is 7.91. The third-order valence-electron chi connectivity index (χ3n) is 5.03. The number of aryl methyl sites for hydroxylation is 1. The van der Waals surface area contributed by atoms with Crippen molar-refractivity contribution in [1.82, 2.24) is 14.7 Å². The summed E-state index contributed by atoms with van der Waals surface area (Å²) in [4.78, 5) is 2.17. The number of nitrogens with zero attached hydrogens (tertiary/aromatic N) is 3. The number of rotatable bonds is 6. The first kappa shape index (κ1) is 18.4. The second-order valence-electron chi connectivity index (χ2n) is 6.73. The molecule has 1 heterocycles. The van der Waals surface area contributed by atoms with Crippen LogP contribution in [0.15, 0.2) is 0 Å². The lowest BCUT2D eigenvalue weighted by Gasteiger charge is -2.37. The van der Waals surface area contributed by atoms with Gasteiger partial charge in [-0.3, -0.25) is 9.58 Å². The Labute approximate surface area is 139 Å². The second-order valence-corrected chi connectivity index (χ2v) is 9.00. The molecule has 0 spiro atoms. The molecular formula is C16H29N3O3S. The smallest absolute Gasteiger partial charge is 0.151 e. The standard InChI is InChI=1S/C16H29N3O3S/c1-12-14(13(2)19(17-12)9-10-20)11-18(3)15-7-5-6-8-16(15)23(4,21)22/h15-16,20H,5-11H2,1-4H3. The van der Waals surface area contributed by atoms with Gasteiger partial charge in [-0.15, -0.1) is 0 Å². The van der Waals surface area contributed by atoms with Crippen LogP contribution in [0.3, 0.4) is 0 Å². The van der Waals surface area contributed by atoms with Gasteiger partial charge >= 0.3 is 0 Å². The van der Waals surface area contributed by atoms with Crippen LogP contribution in [0.25, 0.3) is 0 Å². The van der Waals surface area contributed by atoms with Gasteiger partial charge in [0.1, 0.15) is 0 Å². The van der Waals surface area contributed by atoms with Crippen LogP contribution in [-0.4, -0.2) is 59.4 Å². The summed E-state index contributed by atoms with van der Waals surface area (Å²) >= 11 is 0. The van der Waals surface area contributed by atoms with Crippen molar-refractivity contribution < 1.29 is 13.5 Å². The molecule has 1 aromatic rings. The molecule has 1 aliphatic rings. The Balaban J connectivity index is 2.19. The van der Waals surface area contributed by atoms with Gasteiger partial charge in [0.25, 0.3) is 0 Å². The maximum absolute atomic E-state index is 12.1. The van der Waals surface area contributed by atoms with Crippen molar-refractivity contribution in [3.63, 3.8) is 0 Å². The Hall–Kier alpha value is -0.920. The van der Waals surface area contributed by atoms with E-state index in [1.807, 2.05) is 25.6 Å². The maximum Gasteiger partial charge on any atom is 0.151 e. The Kier molecular flexibility index (Phi) is 5.86. The summed E-state index contributed by atoms with van der Waals surface area (Å²) in [6.45, 7) is 5.23. The van der Waals surface area contributed by atoms with Gasteiger partial charge in [0.05, 0.1) is 24.1 Å². The molecule has 1 saturated carbocycles. The van der Waals surface area contributed by atoms with Crippen LogP contribution >= 0.6 is 0 Å². The van der Waals surface area contributed by atoms with Gasteiger partial charge in [0.15, 0.2) is 9.84 Å². The molecule has 0 amide bonds. The lowest BCUT2D eigenvalue weighted by atomic mass is 9.93. The van der Waals surface area contributed by atoms with Gasteiger partial charge in [-0.1, -0.05) is 12.8 Å². The number of hydrogen-bond acceptors (Lipinski definition) is 5. The normalized spacial score (nSPS) is 22.7. The molecule has 1 aromatic heterocycles. The van der Waals surface area contributed by atoms with Gasteiger partial charge in [-0.25, -0.2) is 8.42 Å². The SMILES string of the molecule is Cc1nn(CCO)c(C)c1CN(C)C1CCCCC1S(C)(=O)=O. The van der Waals surface area contributed by atoms with Gasteiger partial charge in [-0.2, -0.15) is 5.10 Å². The number of aliphatic hydroxyl groups excluding tert-OH is 1. The molecule has 1 aliphatic carbocycles. The van der Waals surface area contributed by atoms with E-state index in [9.17, 15) is 8.42 Å². The Morgan fingerprint density at radius 2 is 1.96 bits per heavy atom. The van der Waals surface area contributed by atoms with Crippen molar-refractivity contribution in [1.29, 1.82) is 0 Å². The summed E-state index contributed by atoms with van der Waals surface area (Å²) in [6.07, 6.45) is 5.13. The van der Waals surface area contributed by atoms with E-state index in [0.717, 1.165) is 42.6 Å². The van der Waals surface area contributed by atoms with Crippen LogP contribution < -0.4 is 0 Å². The van der Waals surface area contributed by atoms with E-state index in [2.05, 4.69) is 10.00 Å². The molecule has 1 N–H and O–H groups in total. The molecule has 0 bridgehead atoms. The van der Waals surface area contributed by atoms with E-state index in [1.165, 1.54) is 6.26 Å². The number of aromatic nitrogens is 2. The molecule has 0 radical (unpaired) electrons. The predicted octanol–water partition coefficient (Wildman–Crippen LogP) is 1.28. The van der Waals surface area contributed by atoms with Crippen molar-refractivity contribution in [3.05, 3.63) is 17.0 Å². The van der Waals surface area contributed by atoms with Crippen molar-refractivity contribution in [2.45, 2.75) is 63.9 Å². The number of aliphatic hydroxyl groups is 1. The van der Waals surface area contributed by atoms with Gasteiger partial charge in [0.2, 0.25) is 0 Å². The highest BCUT2D eigenvalue weighted by Gasteiger charge is 2.35. The van der Waals surface area contributed by atoms with E-state index < -0.39 is 9.84 Å². The Bertz CT molecular complexity index is 639. The average molecular weight is 343 g/mol. The molecule has 0 aliphatic heterocycles. The largest absolute Gasteiger partial charge is 0.394 e. The van der Waals surface area contributed by atoms with Crippen molar-refractivity contribution in [2.75, 3.05) is 19.9 Å². The number of sulfone groups is 1. The molecule has 2 unspecified atom stereocenters. The van der Waals surface area contributed by atoms with Crippen LogP contribution in [0.2, 0.25) is 0 Å². The van der Waals surface area contributed by atoms with Crippen LogP contribution in [0.4, 0.5) is 0 Å². The molecule has 2 rings (SSSR count). The minimum Gasteiger partial charge on any atom is -0.394 e. The van der Waals surface area contributed by atoms with Crippen LogP contribution in [0.1, 0.15) is 42.6 Å². The summed E-state index contributed by atoms with van der Waals surface area (Å²) in [5.74, 6) is 0. The Morgan fingerprint density at radius 3 is 2.57 bits per heavy atom. The van der Waals surface area contributed by atoms with Crippen molar-refractivity contribution >= 4 is 9.84 Å². The van der Waals surface area contributed by atoms with E-state index in [1.54, 1.807) is 0 Å². The molecule has 2 atom stereocenters. The average Bonchev–Trinajstić information content (AvgIpc) is 2.74. The van der Waals surface area contributed by atoms with Gasteiger partial charge in [0, 0.05) is 30.1 Å². The fourth-order valence-electron chi connectivity index (χ4n) is 3.72. The summed E-state index contributed by atoms with van der Waals surface area (Å²) in [5, 5.41) is 13.3. The van der Waals surface area contributed by atoms with Gasteiger partial charge < -0.3 is 5.11 Å². The monoisotopic (exact) mass is 343 g/mol. The van der Waals surface area contributed by atoms with Gasteiger partial charge in [-0.05, 0) is 33.7 Å². The molecule has 6 nitrogen and oxygen atoms in total. The zero-order valence-electron chi connectivity index (χ0n) is 14.6. The highest BCUT2D eigenvalue weighted by Crippen LogP contribution is 2.29. The minimum atomic E-state index is -3.03. The third kappa shape index (κ3) is 4.14. The molecular weight excluding hydrogens is 314 g/mol. The fraction of sp³-hybridized carbons (Fsp3) is 0.812. The van der Waals surface area contributed by atoms with Crippen molar-refractivity contribution in [2.24, 2.45) is 0 Å². The zero-order chi connectivity index (χ0) is 17.2. The topological polar surface area (TPSA) is 75.4 Å². The first-order chi connectivity index (χ1) is 10.8. The lowest BCUT2D eigenvalue weighted by Crippen LogP contribution is -2.46. The summed E-state index contributed by atoms with van der Waals surface area (Å²) in [5.41, 5.74) is 3.14. The van der Waals surface area contributed by atoms with E-state index in [4.69, 9.17) is 5.11 Å². The summed E-state index contributed by atoms with van der Waals surface area (Å²) in [7, 11) is -1.02. The zero-order valence-corrected chi connectivity index (χ0v) is 15.4. The molecule has 1 fully saturated rings. The molecule has 0 saturated heterocycles. The first-order valence-electron chi connectivity index (χ1n) is 8.28. The maximum atomic E-state index is 12.1. The molecule has 0 aromatic carbocycles. The first-order valence-corrected chi connectivity index (χ1v) is 10.2. The molecule has 132 valence electrons. The van der Waals surface area contributed by atoms with E-state index >= 15 is 0 Å². The third-order valence-corrected chi connectivity index (χ3v) is 6.68. The quantitative estimate of drug-likeness (QED) is 0.842. The van der Waals surface area contributed by atoms with E-state index in [-0.39, 0.29) is 17.9 Å². The predicted molar refractivity (Wildman–Crippen MR) is 91.1 cm³/mol. The summed E-state index contributed by atoms with van der Waals surface area (Å²) in [6, 6.07) is 0.0683. The lowest BCUT2D eigenvalue weighted by molar-refractivity contribution is 0.186. The second kappa shape index (κ2) is 7.32. The van der Waals surface area contributed by atoms with E-state index in [0.29, 0.717) is 13.1 Å².